The van der Waals surface area contributed by atoms with E-state index in [9.17, 15) is 18.0 Å². The van der Waals surface area contributed by atoms with Gasteiger partial charge < -0.3 is 19.1 Å². The van der Waals surface area contributed by atoms with Crippen molar-refractivity contribution in [2.75, 3.05) is 33.5 Å². The van der Waals surface area contributed by atoms with Crippen LogP contribution in [0.1, 0.15) is 48.9 Å². The van der Waals surface area contributed by atoms with Crippen LogP contribution in [0.3, 0.4) is 0 Å². The molecule has 4 heterocycles. The number of halogens is 3. The Labute approximate surface area is 191 Å². The van der Waals surface area contributed by atoms with Gasteiger partial charge in [-0.25, -0.2) is 0 Å². The molecule has 0 N–H and O–H groups in total. The van der Waals surface area contributed by atoms with Gasteiger partial charge in [-0.3, -0.25) is 9.78 Å². The second-order valence-electron chi connectivity index (χ2n) is 10.0. The van der Waals surface area contributed by atoms with Crippen LogP contribution in [0.25, 0.3) is 0 Å². The summed E-state index contributed by atoms with van der Waals surface area (Å²) in [5.74, 6) is 0.815. The predicted molar refractivity (Wildman–Crippen MR) is 112 cm³/mol. The first-order valence-electron chi connectivity index (χ1n) is 11.9. The number of carbonyl (C=O) groups is 1. The monoisotopic (exact) mass is 468 g/mol. The predicted octanol–water partition coefficient (Wildman–Crippen LogP) is 3.61. The quantitative estimate of drug-likeness (QED) is 0.676. The van der Waals surface area contributed by atoms with E-state index in [0.717, 1.165) is 44.6 Å². The van der Waals surface area contributed by atoms with Crippen LogP contribution in [0.15, 0.2) is 12.3 Å². The second-order valence-corrected chi connectivity index (χ2v) is 10.0. The van der Waals surface area contributed by atoms with Crippen molar-refractivity contribution < 1.29 is 32.2 Å². The first-order chi connectivity index (χ1) is 15.8. The number of carbonyl (C=O) groups excluding carboxylic acids is 1. The van der Waals surface area contributed by atoms with E-state index in [1.807, 2.05) is 0 Å². The van der Waals surface area contributed by atoms with Gasteiger partial charge in [-0.15, -0.1) is 0 Å². The lowest BCUT2D eigenvalue weighted by molar-refractivity contribution is -0.145. The van der Waals surface area contributed by atoms with Gasteiger partial charge >= 0.3 is 6.18 Å². The van der Waals surface area contributed by atoms with Crippen molar-refractivity contribution >= 4 is 5.91 Å². The molecule has 0 radical (unpaired) electrons. The average molecular weight is 469 g/mol. The summed E-state index contributed by atoms with van der Waals surface area (Å²) in [5, 5.41) is 0. The Morgan fingerprint density at radius 1 is 1.36 bits per heavy atom. The molecule has 1 aromatic heterocycles. The first kappa shape index (κ1) is 23.1. The van der Waals surface area contributed by atoms with E-state index in [1.165, 1.54) is 0 Å². The molecule has 5 atom stereocenters. The lowest BCUT2D eigenvalue weighted by Crippen LogP contribution is -2.48. The number of pyridine rings is 1. The highest BCUT2D eigenvalue weighted by Gasteiger charge is 2.57. The highest BCUT2D eigenvalue weighted by Crippen LogP contribution is 2.53. The molecule has 1 aliphatic carbocycles. The Balaban J connectivity index is 1.31. The van der Waals surface area contributed by atoms with Gasteiger partial charge in [0.2, 0.25) is 5.91 Å². The molecule has 1 saturated carbocycles. The third kappa shape index (κ3) is 4.28. The molecule has 182 valence electrons. The maximum Gasteiger partial charge on any atom is 0.417 e. The van der Waals surface area contributed by atoms with Crippen molar-refractivity contribution in [1.82, 2.24) is 9.88 Å². The van der Waals surface area contributed by atoms with E-state index < -0.39 is 17.2 Å². The number of alkyl halides is 3. The van der Waals surface area contributed by atoms with Crippen LogP contribution in [0.5, 0.6) is 0 Å². The standard InChI is InChI=1S/C24H31F3N2O4/c1-31-20-14-32-6-3-16(20)8-15-9-21-23(11-15,4-7-33-21)22(30)29-5-2-19-17(13-29)10-18(12-28-19)24(25,26)27/h10,12,15-16,20-21H,2-9,11,13-14H2,1H3/t15?,16-,20-,21-,23-/m1/s1. The number of hydrogen-bond acceptors (Lipinski definition) is 5. The lowest BCUT2D eigenvalue weighted by atomic mass is 9.78. The van der Waals surface area contributed by atoms with Crippen LogP contribution in [0, 0.1) is 17.3 Å². The van der Waals surface area contributed by atoms with Gasteiger partial charge in [-0.05, 0) is 55.6 Å². The molecule has 0 aromatic carbocycles. The number of amides is 1. The molecule has 1 unspecified atom stereocenters. The third-order valence-electron chi connectivity index (χ3n) is 8.14. The van der Waals surface area contributed by atoms with Crippen LogP contribution in [-0.2, 0) is 38.1 Å². The summed E-state index contributed by atoms with van der Waals surface area (Å²) in [4.78, 5) is 19.6. The van der Waals surface area contributed by atoms with E-state index in [4.69, 9.17) is 14.2 Å². The molecule has 33 heavy (non-hydrogen) atoms. The largest absolute Gasteiger partial charge is 0.417 e. The fraction of sp³-hybridized carbons (Fsp3) is 0.750. The van der Waals surface area contributed by atoms with E-state index >= 15 is 0 Å². The highest BCUT2D eigenvalue weighted by atomic mass is 19.4. The summed E-state index contributed by atoms with van der Waals surface area (Å²) in [6.45, 7) is 2.57. The topological polar surface area (TPSA) is 60.9 Å². The molecule has 0 spiro atoms. The number of nitrogens with zero attached hydrogens (tertiary/aromatic N) is 2. The Kier molecular flexibility index (Phi) is 6.16. The zero-order valence-electron chi connectivity index (χ0n) is 18.9. The summed E-state index contributed by atoms with van der Waals surface area (Å²) in [6.07, 6.45) is 1.13. The second kappa shape index (κ2) is 8.82. The van der Waals surface area contributed by atoms with Crippen molar-refractivity contribution in [3.05, 3.63) is 29.1 Å². The molecule has 3 aliphatic heterocycles. The van der Waals surface area contributed by atoms with Crippen molar-refractivity contribution in [2.45, 2.75) is 63.5 Å². The average Bonchev–Trinajstić information content (AvgIpc) is 3.35. The Morgan fingerprint density at radius 3 is 3.00 bits per heavy atom. The highest BCUT2D eigenvalue weighted by molar-refractivity contribution is 5.84. The van der Waals surface area contributed by atoms with Gasteiger partial charge in [0.15, 0.2) is 0 Å². The van der Waals surface area contributed by atoms with Crippen LogP contribution >= 0.6 is 0 Å². The van der Waals surface area contributed by atoms with Gasteiger partial charge in [0, 0.05) is 51.7 Å². The number of fused-ring (bicyclic) bond motifs is 2. The maximum atomic E-state index is 13.8. The zero-order chi connectivity index (χ0) is 23.2. The van der Waals surface area contributed by atoms with E-state index in [-0.39, 0.29) is 24.7 Å². The molecule has 3 fully saturated rings. The van der Waals surface area contributed by atoms with Gasteiger partial charge in [0.25, 0.3) is 0 Å². The summed E-state index contributed by atoms with van der Waals surface area (Å²) < 4.78 is 56.7. The van der Waals surface area contributed by atoms with Crippen LogP contribution in [0.2, 0.25) is 0 Å². The molecule has 9 heteroatoms. The number of rotatable bonds is 4. The minimum atomic E-state index is -4.44. The van der Waals surface area contributed by atoms with E-state index in [1.54, 1.807) is 12.0 Å². The minimum Gasteiger partial charge on any atom is -0.379 e. The van der Waals surface area contributed by atoms with Gasteiger partial charge in [-0.1, -0.05) is 0 Å². The third-order valence-corrected chi connectivity index (χ3v) is 8.14. The van der Waals surface area contributed by atoms with Gasteiger partial charge in [0.1, 0.15) is 0 Å². The van der Waals surface area contributed by atoms with Gasteiger partial charge in [-0.2, -0.15) is 13.2 Å². The molecule has 4 aliphatic rings. The number of hydrogen-bond donors (Lipinski definition) is 0. The molecular formula is C24H31F3N2O4. The van der Waals surface area contributed by atoms with E-state index in [0.29, 0.717) is 55.7 Å². The molecular weight excluding hydrogens is 437 g/mol. The Bertz CT molecular complexity index is 895. The van der Waals surface area contributed by atoms with Crippen molar-refractivity contribution in [3.8, 4) is 0 Å². The number of aromatic nitrogens is 1. The molecule has 2 saturated heterocycles. The number of ether oxygens (including phenoxy) is 3. The summed E-state index contributed by atoms with van der Waals surface area (Å²) in [5.41, 5.74) is -0.180. The zero-order valence-corrected chi connectivity index (χ0v) is 18.9. The molecule has 6 nitrogen and oxygen atoms in total. The first-order valence-corrected chi connectivity index (χ1v) is 11.9. The fourth-order valence-corrected chi connectivity index (χ4v) is 6.43. The minimum absolute atomic E-state index is 0.0332. The lowest BCUT2D eigenvalue weighted by Gasteiger charge is -2.37. The Morgan fingerprint density at radius 2 is 2.21 bits per heavy atom. The van der Waals surface area contributed by atoms with E-state index in [2.05, 4.69) is 4.98 Å². The number of methoxy groups -OCH3 is 1. The Hall–Kier alpha value is -1.71. The molecule has 0 bridgehead atoms. The van der Waals surface area contributed by atoms with Crippen LogP contribution in [0.4, 0.5) is 13.2 Å². The van der Waals surface area contributed by atoms with Gasteiger partial charge in [0.05, 0.1) is 29.8 Å². The van der Waals surface area contributed by atoms with Crippen molar-refractivity contribution in [2.24, 2.45) is 17.3 Å². The normalized spacial score (nSPS) is 34.2. The molecule has 1 amide bonds. The SMILES string of the molecule is CO[C@@H]1COCC[C@@H]1CC1C[C@H]2OCC[C@@]2(C(=O)N2CCc3ncc(C(F)(F)F)cc3C2)C1. The molecule has 1 aromatic rings. The summed E-state index contributed by atoms with van der Waals surface area (Å²) in [6, 6.07) is 1.15. The van der Waals surface area contributed by atoms with Crippen LogP contribution < -0.4 is 0 Å². The summed E-state index contributed by atoms with van der Waals surface area (Å²) in [7, 11) is 1.72. The van der Waals surface area contributed by atoms with Crippen LogP contribution in [-0.4, -0.2) is 61.5 Å². The van der Waals surface area contributed by atoms with Crippen molar-refractivity contribution in [3.63, 3.8) is 0 Å². The maximum absolute atomic E-state index is 13.8. The van der Waals surface area contributed by atoms with Crippen molar-refractivity contribution in [1.29, 1.82) is 0 Å². The fourth-order valence-electron chi connectivity index (χ4n) is 6.43. The molecule has 5 rings (SSSR count). The summed E-state index contributed by atoms with van der Waals surface area (Å²) >= 11 is 0. The smallest absolute Gasteiger partial charge is 0.379 e.